The number of benzene rings is 2. The summed E-state index contributed by atoms with van der Waals surface area (Å²) < 4.78 is 24.2. The first-order chi connectivity index (χ1) is 17.9. The number of likely N-dealkylation sites (tertiary alicyclic amines) is 1. The lowest BCUT2D eigenvalue weighted by atomic mass is 10.1. The minimum atomic E-state index is -0.579. The van der Waals surface area contributed by atoms with Crippen molar-refractivity contribution in [3.8, 4) is 11.5 Å². The molecular weight excluding hydrogens is 503 g/mol. The van der Waals surface area contributed by atoms with Gasteiger partial charge in [0.15, 0.2) is 0 Å². The lowest BCUT2D eigenvalue weighted by molar-refractivity contribution is -0.385. The van der Waals surface area contributed by atoms with Gasteiger partial charge in [0.2, 0.25) is 11.7 Å². The number of alkyl halides is 1. The van der Waals surface area contributed by atoms with Gasteiger partial charge in [-0.05, 0) is 24.3 Å². The van der Waals surface area contributed by atoms with Crippen molar-refractivity contribution in [2.75, 3.05) is 57.8 Å². The zero-order valence-corrected chi connectivity index (χ0v) is 21.7. The fourth-order valence-electron chi connectivity index (χ4n) is 4.80. The van der Waals surface area contributed by atoms with Gasteiger partial charge >= 0.3 is 5.69 Å². The van der Waals surface area contributed by atoms with E-state index >= 15 is 0 Å². The molecule has 2 aromatic carbocycles. The molecular formula is C26H32ClFN4O5. The molecule has 9 nitrogen and oxygen atoms in total. The molecule has 2 fully saturated rings. The molecule has 37 heavy (non-hydrogen) atoms. The zero-order valence-electron chi connectivity index (χ0n) is 20.9. The summed E-state index contributed by atoms with van der Waals surface area (Å²) in [6, 6.07) is 9.96. The summed E-state index contributed by atoms with van der Waals surface area (Å²) in [6.07, 6.45) is 1.81. The van der Waals surface area contributed by atoms with Crippen LogP contribution in [0.2, 0.25) is 5.02 Å². The average Bonchev–Trinajstić information content (AvgIpc) is 2.92. The Morgan fingerprint density at radius 1 is 1.11 bits per heavy atom. The van der Waals surface area contributed by atoms with E-state index in [2.05, 4.69) is 9.80 Å². The summed E-state index contributed by atoms with van der Waals surface area (Å²) in [5.41, 5.74) is 1.38. The fraction of sp³-hybridized carbons (Fsp3) is 0.500. The minimum absolute atomic E-state index is 0.0610. The second kappa shape index (κ2) is 12.4. The van der Waals surface area contributed by atoms with Gasteiger partial charge in [-0.25, -0.2) is 4.39 Å². The third-order valence-corrected chi connectivity index (χ3v) is 7.37. The van der Waals surface area contributed by atoms with Gasteiger partial charge < -0.3 is 19.3 Å². The maximum absolute atomic E-state index is 13.1. The maximum atomic E-state index is 13.1. The zero-order chi connectivity index (χ0) is 26.4. The number of anilines is 1. The van der Waals surface area contributed by atoms with Crippen LogP contribution in [0.25, 0.3) is 0 Å². The molecule has 2 aliphatic heterocycles. The predicted molar refractivity (Wildman–Crippen MR) is 139 cm³/mol. The molecule has 0 aliphatic carbocycles. The highest BCUT2D eigenvalue weighted by atomic mass is 35.5. The highest BCUT2D eigenvalue weighted by Gasteiger charge is 2.26. The van der Waals surface area contributed by atoms with Crippen LogP contribution in [0.4, 0.5) is 15.8 Å². The van der Waals surface area contributed by atoms with Gasteiger partial charge in [-0.1, -0.05) is 11.6 Å². The largest absolute Gasteiger partial charge is 0.490 e. The Balaban J connectivity index is 1.18. The third-order valence-electron chi connectivity index (χ3n) is 7.00. The van der Waals surface area contributed by atoms with E-state index in [1.54, 1.807) is 12.1 Å². The second-order valence-corrected chi connectivity index (χ2v) is 9.68. The molecule has 0 radical (unpaired) electrons. The van der Waals surface area contributed by atoms with Crippen LogP contribution in [-0.4, -0.2) is 79.7 Å². The number of hydrogen-bond donors (Lipinski definition) is 0. The van der Waals surface area contributed by atoms with Gasteiger partial charge in [0.25, 0.3) is 0 Å². The van der Waals surface area contributed by atoms with Gasteiger partial charge in [-0.15, -0.1) is 0 Å². The molecule has 2 saturated heterocycles. The van der Waals surface area contributed by atoms with Crippen LogP contribution in [0.1, 0.15) is 24.8 Å². The molecule has 2 heterocycles. The molecule has 0 atom stereocenters. The highest BCUT2D eigenvalue weighted by Crippen LogP contribution is 2.32. The number of halogens is 2. The van der Waals surface area contributed by atoms with E-state index in [1.165, 1.54) is 19.2 Å². The van der Waals surface area contributed by atoms with E-state index in [9.17, 15) is 19.3 Å². The summed E-state index contributed by atoms with van der Waals surface area (Å²) in [6.45, 7) is 4.69. The van der Waals surface area contributed by atoms with E-state index in [1.807, 2.05) is 17.0 Å². The Hall–Kier alpha value is -3.11. The molecule has 0 spiro atoms. The van der Waals surface area contributed by atoms with Gasteiger partial charge in [-0.2, -0.15) is 0 Å². The lowest BCUT2D eigenvalue weighted by Crippen LogP contribution is -2.48. The number of hydrogen-bond acceptors (Lipinski definition) is 7. The first-order valence-corrected chi connectivity index (χ1v) is 12.8. The summed E-state index contributed by atoms with van der Waals surface area (Å²) in [5, 5.41) is 11.5. The normalized spacial score (nSPS) is 17.1. The number of carbonyl (C=O) groups is 1. The van der Waals surface area contributed by atoms with E-state index in [-0.39, 0.29) is 23.4 Å². The van der Waals surface area contributed by atoms with E-state index in [4.69, 9.17) is 21.1 Å². The number of ether oxygens (including phenoxy) is 2. The molecule has 11 heteroatoms. The lowest BCUT2D eigenvalue weighted by Gasteiger charge is -2.37. The van der Waals surface area contributed by atoms with Crippen molar-refractivity contribution in [1.82, 2.24) is 9.80 Å². The first kappa shape index (κ1) is 26.9. The van der Waals surface area contributed by atoms with Crippen molar-refractivity contribution in [2.45, 2.75) is 32.0 Å². The number of amides is 1. The molecule has 2 aromatic rings. The number of piperidine rings is 1. The van der Waals surface area contributed by atoms with Crippen LogP contribution in [0.15, 0.2) is 36.4 Å². The number of nitro benzene ring substituents is 1. The first-order valence-electron chi connectivity index (χ1n) is 12.5. The van der Waals surface area contributed by atoms with Crippen molar-refractivity contribution < 1.29 is 23.6 Å². The maximum Gasteiger partial charge on any atom is 0.311 e. The molecule has 0 aromatic heterocycles. The third kappa shape index (κ3) is 6.81. The van der Waals surface area contributed by atoms with Gasteiger partial charge in [-0.3, -0.25) is 19.8 Å². The Kier molecular flexibility index (Phi) is 9.04. The second-order valence-electron chi connectivity index (χ2n) is 9.28. The van der Waals surface area contributed by atoms with Gasteiger partial charge in [0.1, 0.15) is 18.5 Å². The van der Waals surface area contributed by atoms with Gasteiger partial charge in [0, 0.05) is 93.5 Å². The van der Waals surface area contributed by atoms with Crippen LogP contribution in [0.5, 0.6) is 11.5 Å². The van der Waals surface area contributed by atoms with E-state index in [0.717, 1.165) is 31.9 Å². The van der Waals surface area contributed by atoms with Crippen molar-refractivity contribution in [1.29, 1.82) is 0 Å². The van der Waals surface area contributed by atoms with E-state index < -0.39 is 11.6 Å². The quantitative estimate of drug-likeness (QED) is 0.350. The fourth-order valence-corrected chi connectivity index (χ4v) is 4.97. The average molecular weight is 535 g/mol. The molecule has 0 bridgehead atoms. The Morgan fingerprint density at radius 2 is 1.84 bits per heavy atom. The Bertz CT molecular complexity index is 1100. The Labute approximate surface area is 220 Å². The SMILES string of the molecule is COc1cc(OC2CCN(C(=O)CCN3CCN(c4ccc(Cl)c(CF)c4)CC3)CC2)ccc1[N+](=O)[O-]. The standard InChI is InChI=1S/C26H32ClFN4O5/c1-36-25-17-22(3-5-24(25)32(34)35)37-21-6-10-31(11-7-21)26(33)8-9-29-12-14-30(15-13-29)20-2-4-23(27)19(16-20)18-28/h2-5,16-17,21H,6-15,18H2,1H3. The molecule has 0 N–H and O–H groups in total. The molecule has 2 aliphatic rings. The molecule has 4 rings (SSSR count). The molecule has 200 valence electrons. The van der Waals surface area contributed by atoms with Crippen LogP contribution in [0, 0.1) is 10.1 Å². The molecule has 0 unspecified atom stereocenters. The van der Waals surface area contributed by atoms with Crippen LogP contribution < -0.4 is 14.4 Å². The number of methoxy groups -OCH3 is 1. The smallest absolute Gasteiger partial charge is 0.311 e. The van der Waals surface area contributed by atoms with E-state index in [0.29, 0.717) is 55.2 Å². The Morgan fingerprint density at radius 3 is 2.49 bits per heavy atom. The predicted octanol–water partition coefficient (Wildman–Crippen LogP) is 4.31. The van der Waals surface area contributed by atoms with Crippen LogP contribution in [0.3, 0.4) is 0 Å². The topological polar surface area (TPSA) is 88.4 Å². The van der Waals surface area contributed by atoms with Crippen molar-refractivity contribution in [3.05, 3.63) is 57.1 Å². The van der Waals surface area contributed by atoms with Crippen LogP contribution in [-0.2, 0) is 11.5 Å². The number of nitrogens with zero attached hydrogens (tertiary/aromatic N) is 4. The van der Waals surface area contributed by atoms with Crippen molar-refractivity contribution >= 4 is 28.9 Å². The monoisotopic (exact) mass is 534 g/mol. The number of piperazine rings is 1. The van der Waals surface area contributed by atoms with Crippen molar-refractivity contribution in [3.63, 3.8) is 0 Å². The highest BCUT2D eigenvalue weighted by molar-refractivity contribution is 6.31. The summed E-state index contributed by atoms with van der Waals surface area (Å²) in [4.78, 5) is 29.8. The van der Waals surface area contributed by atoms with Crippen LogP contribution >= 0.6 is 11.6 Å². The van der Waals surface area contributed by atoms with Gasteiger partial charge in [0.05, 0.1) is 12.0 Å². The molecule has 0 saturated carbocycles. The molecule has 1 amide bonds. The number of carbonyl (C=O) groups excluding carboxylic acids is 1. The van der Waals surface area contributed by atoms with Crippen molar-refractivity contribution in [2.24, 2.45) is 0 Å². The summed E-state index contributed by atoms with van der Waals surface area (Å²) >= 11 is 6.03. The summed E-state index contributed by atoms with van der Waals surface area (Å²) in [7, 11) is 1.39. The number of nitro groups is 1. The number of rotatable bonds is 9. The minimum Gasteiger partial charge on any atom is -0.490 e. The summed E-state index contributed by atoms with van der Waals surface area (Å²) in [5.74, 6) is 0.822.